The third kappa shape index (κ3) is 4.69. The Morgan fingerprint density at radius 3 is 2.60 bits per heavy atom. The molecule has 8 heteroatoms. The van der Waals surface area contributed by atoms with E-state index in [1.54, 1.807) is 24.1 Å². The molecule has 0 saturated carbocycles. The van der Waals surface area contributed by atoms with Crippen LogP contribution in [-0.2, 0) is 11.3 Å². The molecule has 8 nitrogen and oxygen atoms in total. The van der Waals surface area contributed by atoms with Gasteiger partial charge in [-0.25, -0.2) is 4.98 Å². The van der Waals surface area contributed by atoms with Crippen molar-refractivity contribution in [2.45, 2.75) is 19.9 Å². The highest BCUT2D eigenvalue weighted by Crippen LogP contribution is 2.29. The van der Waals surface area contributed by atoms with Crippen LogP contribution in [-0.4, -0.2) is 55.1 Å². The summed E-state index contributed by atoms with van der Waals surface area (Å²) in [6.07, 6.45) is 0.889. The number of hydrogen-bond donors (Lipinski definition) is 2. The molecule has 0 spiro atoms. The van der Waals surface area contributed by atoms with Crippen LogP contribution in [0.3, 0.4) is 0 Å². The van der Waals surface area contributed by atoms with E-state index in [0.717, 1.165) is 6.42 Å². The molecular weight excluding hydrogens is 324 g/mol. The van der Waals surface area contributed by atoms with Crippen molar-refractivity contribution in [2.75, 3.05) is 34.4 Å². The number of hydrogen-bond acceptors (Lipinski definition) is 6. The molecule has 0 radical (unpaired) electrons. The van der Waals surface area contributed by atoms with Crippen LogP contribution in [0, 0.1) is 0 Å². The van der Waals surface area contributed by atoms with Crippen LogP contribution in [0.1, 0.15) is 19.2 Å². The maximum Gasteiger partial charge on any atom is 0.258 e. The lowest BCUT2D eigenvalue weighted by Crippen LogP contribution is -2.35. The second-order valence-electron chi connectivity index (χ2n) is 5.76. The first-order valence-corrected chi connectivity index (χ1v) is 8.08. The van der Waals surface area contributed by atoms with Crippen LogP contribution in [0.2, 0.25) is 0 Å². The number of aromatic nitrogens is 2. The molecule has 0 atom stereocenters. The summed E-state index contributed by atoms with van der Waals surface area (Å²) in [4.78, 5) is 33.1. The summed E-state index contributed by atoms with van der Waals surface area (Å²) < 4.78 is 10.5. The van der Waals surface area contributed by atoms with Crippen molar-refractivity contribution in [3.05, 3.63) is 28.3 Å². The Hall–Kier alpha value is -2.61. The number of carbonyl (C=O) groups excluding carboxylic acids is 1. The Labute approximate surface area is 146 Å². The summed E-state index contributed by atoms with van der Waals surface area (Å²) in [7, 11) is 4.84. The fourth-order valence-corrected chi connectivity index (χ4v) is 2.47. The second kappa shape index (κ2) is 8.48. The average Bonchev–Trinajstić information content (AvgIpc) is 2.58. The molecule has 2 rings (SSSR count). The van der Waals surface area contributed by atoms with E-state index >= 15 is 0 Å². The Bertz CT molecular complexity index is 803. The molecule has 1 heterocycles. The summed E-state index contributed by atoms with van der Waals surface area (Å²) in [5.41, 5.74) is 0.255. The molecule has 2 aromatic rings. The number of ether oxygens (including phenoxy) is 2. The van der Waals surface area contributed by atoms with Gasteiger partial charge in [0.05, 0.1) is 38.2 Å². The van der Waals surface area contributed by atoms with Gasteiger partial charge in [-0.3, -0.25) is 14.5 Å². The van der Waals surface area contributed by atoms with Gasteiger partial charge in [0.2, 0.25) is 5.91 Å². The highest BCUT2D eigenvalue weighted by atomic mass is 16.5. The van der Waals surface area contributed by atoms with Crippen LogP contribution in [0.25, 0.3) is 10.9 Å². The number of likely N-dealkylation sites (N-methyl/N-ethyl adjacent to an activating group) is 1. The second-order valence-corrected chi connectivity index (χ2v) is 5.76. The van der Waals surface area contributed by atoms with Gasteiger partial charge in [0, 0.05) is 12.6 Å². The molecule has 0 fully saturated rings. The minimum absolute atomic E-state index is 0.0566. The smallest absolute Gasteiger partial charge is 0.258 e. The Balaban J connectivity index is 2.22. The minimum Gasteiger partial charge on any atom is -0.493 e. The van der Waals surface area contributed by atoms with Crippen LogP contribution in [0.15, 0.2) is 16.9 Å². The third-order valence-electron chi connectivity index (χ3n) is 3.67. The molecule has 25 heavy (non-hydrogen) atoms. The number of carbonyl (C=O) groups is 1. The predicted octanol–water partition coefficient (Wildman–Crippen LogP) is 0.898. The summed E-state index contributed by atoms with van der Waals surface area (Å²) in [6, 6.07) is 3.27. The van der Waals surface area contributed by atoms with Gasteiger partial charge >= 0.3 is 0 Å². The number of nitrogens with one attached hydrogen (secondary N) is 2. The molecule has 0 aliphatic rings. The highest BCUT2D eigenvalue weighted by Gasteiger charge is 2.13. The number of benzene rings is 1. The van der Waals surface area contributed by atoms with E-state index in [0.29, 0.717) is 41.3 Å². The van der Waals surface area contributed by atoms with Gasteiger partial charge in [0.25, 0.3) is 5.56 Å². The van der Waals surface area contributed by atoms with Gasteiger partial charge in [-0.2, -0.15) is 0 Å². The normalized spacial score (nSPS) is 10.9. The van der Waals surface area contributed by atoms with E-state index in [1.165, 1.54) is 14.2 Å². The first-order chi connectivity index (χ1) is 12.0. The SMILES string of the molecule is CCCNC(=O)CN(C)Cc1nc2cc(OC)c(OC)cc2c(=O)[nH]1. The number of rotatable bonds is 8. The topological polar surface area (TPSA) is 96.6 Å². The molecule has 0 saturated heterocycles. The zero-order valence-electron chi connectivity index (χ0n) is 15.0. The average molecular weight is 348 g/mol. The standard InChI is InChI=1S/C17H24N4O4/c1-5-6-18-16(22)10-21(2)9-15-19-12-8-14(25-4)13(24-3)7-11(12)17(23)20-15/h7-8H,5-6,9-10H2,1-4H3,(H,18,22)(H,19,20,23). The third-order valence-corrected chi connectivity index (χ3v) is 3.67. The number of fused-ring (bicyclic) bond motifs is 1. The molecule has 1 aromatic heterocycles. The fourth-order valence-electron chi connectivity index (χ4n) is 2.47. The maximum absolute atomic E-state index is 12.3. The van der Waals surface area contributed by atoms with Crippen molar-refractivity contribution >= 4 is 16.8 Å². The molecule has 136 valence electrons. The van der Waals surface area contributed by atoms with Gasteiger partial charge in [0.15, 0.2) is 11.5 Å². The van der Waals surface area contributed by atoms with Crippen molar-refractivity contribution in [3.63, 3.8) is 0 Å². The van der Waals surface area contributed by atoms with Crippen molar-refractivity contribution < 1.29 is 14.3 Å². The maximum atomic E-state index is 12.3. The van der Waals surface area contributed by atoms with E-state index in [-0.39, 0.29) is 18.0 Å². The first-order valence-electron chi connectivity index (χ1n) is 8.08. The number of nitrogens with zero attached hydrogens (tertiary/aromatic N) is 2. The Morgan fingerprint density at radius 1 is 1.28 bits per heavy atom. The van der Waals surface area contributed by atoms with Gasteiger partial charge in [-0.05, 0) is 19.5 Å². The number of H-pyrrole nitrogens is 1. The van der Waals surface area contributed by atoms with E-state index in [4.69, 9.17) is 9.47 Å². The number of methoxy groups -OCH3 is 2. The lowest BCUT2D eigenvalue weighted by Gasteiger charge is -2.16. The predicted molar refractivity (Wildman–Crippen MR) is 95.1 cm³/mol. The molecule has 1 amide bonds. The monoisotopic (exact) mass is 348 g/mol. The Morgan fingerprint density at radius 2 is 1.96 bits per heavy atom. The number of aromatic amines is 1. The molecule has 2 N–H and O–H groups in total. The minimum atomic E-state index is -0.259. The molecular formula is C17H24N4O4. The van der Waals surface area contributed by atoms with Crippen LogP contribution < -0.4 is 20.3 Å². The van der Waals surface area contributed by atoms with Crippen molar-refractivity contribution in [1.82, 2.24) is 20.2 Å². The van der Waals surface area contributed by atoms with E-state index < -0.39 is 0 Å². The summed E-state index contributed by atoms with van der Waals surface area (Å²) in [5, 5.41) is 3.24. The van der Waals surface area contributed by atoms with Gasteiger partial charge in [0.1, 0.15) is 5.82 Å². The zero-order chi connectivity index (χ0) is 18.4. The van der Waals surface area contributed by atoms with Gasteiger partial charge in [-0.15, -0.1) is 0 Å². The van der Waals surface area contributed by atoms with E-state index in [1.807, 2.05) is 6.92 Å². The van der Waals surface area contributed by atoms with Crippen molar-refractivity contribution in [1.29, 1.82) is 0 Å². The van der Waals surface area contributed by atoms with Crippen LogP contribution >= 0.6 is 0 Å². The first kappa shape index (κ1) is 18.7. The van der Waals surface area contributed by atoms with Gasteiger partial charge < -0.3 is 19.8 Å². The van der Waals surface area contributed by atoms with E-state index in [2.05, 4.69) is 15.3 Å². The molecule has 0 aliphatic carbocycles. The van der Waals surface area contributed by atoms with Crippen LogP contribution in [0.4, 0.5) is 0 Å². The largest absolute Gasteiger partial charge is 0.493 e. The molecule has 1 aromatic carbocycles. The molecule has 0 aliphatic heterocycles. The van der Waals surface area contributed by atoms with Crippen molar-refractivity contribution in [3.8, 4) is 11.5 Å². The lowest BCUT2D eigenvalue weighted by molar-refractivity contribution is -0.122. The van der Waals surface area contributed by atoms with Crippen molar-refractivity contribution in [2.24, 2.45) is 0 Å². The zero-order valence-corrected chi connectivity index (χ0v) is 15.0. The summed E-state index contributed by atoms with van der Waals surface area (Å²) in [6.45, 7) is 3.23. The summed E-state index contributed by atoms with van der Waals surface area (Å²) in [5.74, 6) is 1.40. The number of amides is 1. The highest BCUT2D eigenvalue weighted by molar-refractivity contribution is 5.81. The Kier molecular flexibility index (Phi) is 6.35. The van der Waals surface area contributed by atoms with E-state index in [9.17, 15) is 9.59 Å². The van der Waals surface area contributed by atoms with Gasteiger partial charge in [-0.1, -0.05) is 6.92 Å². The molecule has 0 bridgehead atoms. The molecule has 0 unspecified atom stereocenters. The summed E-state index contributed by atoms with van der Waals surface area (Å²) >= 11 is 0. The lowest BCUT2D eigenvalue weighted by atomic mass is 10.2. The fraction of sp³-hybridized carbons (Fsp3) is 0.471. The quantitative estimate of drug-likeness (QED) is 0.736. The van der Waals surface area contributed by atoms with Crippen LogP contribution in [0.5, 0.6) is 11.5 Å².